The number of carbonyl (C=O) groups is 1. The van der Waals surface area contributed by atoms with Gasteiger partial charge in [0.15, 0.2) is 11.6 Å². The molecular weight excluding hydrogens is 262 g/mol. The third-order valence-corrected chi connectivity index (χ3v) is 2.88. The summed E-state index contributed by atoms with van der Waals surface area (Å²) in [5, 5.41) is 5.10. The second-order valence-corrected chi connectivity index (χ2v) is 4.36. The zero-order valence-electron chi connectivity index (χ0n) is 10.9. The number of aryl methyl sites for hydroxylation is 1. The van der Waals surface area contributed by atoms with Gasteiger partial charge in [0, 0.05) is 18.3 Å². The van der Waals surface area contributed by atoms with Gasteiger partial charge in [0.25, 0.3) is 0 Å². The Morgan fingerprint density at radius 3 is 2.55 bits per heavy atom. The molecule has 3 nitrogen and oxygen atoms in total. The van der Waals surface area contributed by atoms with Gasteiger partial charge in [-0.15, -0.1) is 0 Å². The van der Waals surface area contributed by atoms with Crippen molar-refractivity contribution in [2.75, 3.05) is 5.32 Å². The molecule has 0 saturated heterocycles. The number of carbonyl (C=O) groups excluding carboxylic acids is 1. The molecule has 0 spiro atoms. The van der Waals surface area contributed by atoms with Crippen LogP contribution in [0.15, 0.2) is 42.5 Å². The Morgan fingerprint density at radius 2 is 1.85 bits per heavy atom. The molecular formula is C15H14F2N2O. The van der Waals surface area contributed by atoms with E-state index in [9.17, 15) is 13.6 Å². The summed E-state index contributed by atoms with van der Waals surface area (Å²) < 4.78 is 25.7. The van der Waals surface area contributed by atoms with Gasteiger partial charge in [-0.1, -0.05) is 24.3 Å². The van der Waals surface area contributed by atoms with Crippen LogP contribution in [0.3, 0.4) is 0 Å². The van der Waals surface area contributed by atoms with Crippen molar-refractivity contribution in [2.45, 2.75) is 13.5 Å². The summed E-state index contributed by atoms with van der Waals surface area (Å²) in [5.74, 6) is -1.95. The van der Waals surface area contributed by atoms with Crippen molar-refractivity contribution in [3.63, 3.8) is 0 Å². The Hall–Kier alpha value is -2.43. The number of nitrogens with one attached hydrogen (secondary N) is 2. The van der Waals surface area contributed by atoms with Crippen molar-refractivity contribution >= 4 is 11.7 Å². The summed E-state index contributed by atoms with van der Waals surface area (Å²) in [5.41, 5.74) is 2.26. The van der Waals surface area contributed by atoms with Crippen molar-refractivity contribution in [1.82, 2.24) is 5.32 Å². The van der Waals surface area contributed by atoms with Gasteiger partial charge >= 0.3 is 6.03 Å². The number of hydrogen-bond donors (Lipinski definition) is 2. The summed E-state index contributed by atoms with van der Waals surface area (Å²) in [6.45, 7) is 2.31. The van der Waals surface area contributed by atoms with E-state index in [1.54, 1.807) is 0 Å². The third-order valence-electron chi connectivity index (χ3n) is 2.88. The Bertz CT molecular complexity index is 629. The molecule has 5 heteroatoms. The number of amides is 2. The minimum Gasteiger partial charge on any atom is -0.334 e. The fraction of sp³-hybridized carbons (Fsp3) is 0.133. The highest BCUT2D eigenvalue weighted by atomic mass is 19.2. The molecule has 0 heterocycles. The predicted molar refractivity (Wildman–Crippen MR) is 73.4 cm³/mol. The number of anilines is 1. The van der Waals surface area contributed by atoms with Gasteiger partial charge in [0.1, 0.15) is 0 Å². The second kappa shape index (κ2) is 6.14. The van der Waals surface area contributed by atoms with Crippen molar-refractivity contribution in [3.05, 3.63) is 65.2 Å². The number of benzene rings is 2. The molecule has 0 aliphatic heterocycles. The monoisotopic (exact) mass is 276 g/mol. The first-order chi connectivity index (χ1) is 9.56. The summed E-state index contributed by atoms with van der Waals surface area (Å²) in [6.07, 6.45) is 0. The van der Waals surface area contributed by atoms with Gasteiger partial charge in [-0.25, -0.2) is 13.6 Å². The van der Waals surface area contributed by atoms with Crippen LogP contribution in [0.4, 0.5) is 19.3 Å². The molecule has 2 aromatic carbocycles. The Kier molecular flexibility index (Phi) is 4.30. The lowest BCUT2D eigenvalue weighted by Crippen LogP contribution is -2.28. The van der Waals surface area contributed by atoms with E-state index in [0.717, 1.165) is 23.3 Å². The van der Waals surface area contributed by atoms with Gasteiger partial charge in [-0.3, -0.25) is 0 Å². The Balaban J connectivity index is 1.93. The van der Waals surface area contributed by atoms with E-state index < -0.39 is 17.7 Å². The van der Waals surface area contributed by atoms with E-state index in [4.69, 9.17) is 0 Å². The molecule has 0 aromatic heterocycles. The molecule has 104 valence electrons. The zero-order chi connectivity index (χ0) is 14.5. The summed E-state index contributed by atoms with van der Waals surface area (Å²) in [7, 11) is 0. The summed E-state index contributed by atoms with van der Waals surface area (Å²) in [6, 6.07) is 10.4. The molecule has 0 aliphatic carbocycles. The van der Waals surface area contributed by atoms with Gasteiger partial charge in [-0.2, -0.15) is 0 Å². The maximum atomic E-state index is 13.0. The van der Waals surface area contributed by atoms with Crippen molar-refractivity contribution in [2.24, 2.45) is 0 Å². The fourth-order valence-electron chi connectivity index (χ4n) is 1.73. The molecule has 2 amide bonds. The Labute approximate surface area is 115 Å². The fourth-order valence-corrected chi connectivity index (χ4v) is 1.73. The van der Waals surface area contributed by atoms with Crippen LogP contribution in [-0.2, 0) is 6.54 Å². The van der Waals surface area contributed by atoms with E-state index in [-0.39, 0.29) is 5.69 Å². The van der Waals surface area contributed by atoms with Gasteiger partial charge in [0.05, 0.1) is 0 Å². The SMILES string of the molecule is Cc1ccccc1CNC(=O)Nc1ccc(F)c(F)c1. The lowest BCUT2D eigenvalue weighted by atomic mass is 10.1. The zero-order valence-corrected chi connectivity index (χ0v) is 10.9. The minimum atomic E-state index is -0.998. The van der Waals surface area contributed by atoms with Crippen LogP contribution in [0.5, 0.6) is 0 Å². The van der Waals surface area contributed by atoms with Crippen molar-refractivity contribution in [1.29, 1.82) is 0 Å². The van der Waals surface area contributed by atoms with Crippen molar-refractivity contribution in [3.8, 4) is 0 Å². The standard InChI is InChI=1S/C15H14F2N2O/c1-10-4-2-3-5-11(10)9-18-15(20)19-12-6-7-13(16)14(17)8-12/h2-8H,9H2,1H3,(H2,18,19,20). The van der Waals surface area contributed by atoms with Crippen molar-refractivity contribution < 1.29 is 13.6 Å². The number of halogens is 2. The van der Waals surface area contributed by atoms with Crippen LogP contribution in [0.25, 0.3) is 0 Å². The molecule has 2 aromatic rings. The topological polar surface area (TPSA) is 41.1 Å². The normalized spacial score (nSPS) is 10.2. The highest BCUT2D eigenvalue weighted by Gasteiger charge is 2.06. The third kappa shape index (κ3) is 3.54. The highest BCUT2D eigenvalue weighted by molar-refractivity contribution is 5.89. The first kappa shape index (κ1) is 14.0. The summed E-state index contributed by atoms with van der Waals surface area (Å²) >= 11 is 0. The largest absolute Gasteiger partial charge is 0.334 e. The molecule has 20 heavy (non-hydrogen) atoms. The average molecular weight is 276 g/mol. The quantitative estimate of drug-likeness (QED) is 0.883. The maximum Gasteiger partial charge on any atom is 0.319 e. The molecule has 2 N–H and O–H groups in total. The smallest absolute Gasteiger partial charge is 0.319 e. The minimum absolute atomic E-state index is 0.200. The first-order valence-electron chi connectivity index (χ1n) is 6.10. The lowest BCUT2D eigenvalue weighted by molar-refractivity contribution is 0.251. The number of rotatable bonds is 3. The van der Waals surface area contributed by atoms with Gasteiger partial charge in [0.2, 0.25) is 0 Å². The van der Waals surface area contributed by atoms with Crippen LogP contribution in [0.1, 0.15) is 11.1 Å². The van der Waals surface area contributed by atoms with Crippen LogP contribution >= 0.6 is 0 Å². The van der Waals surface area contributed by atoms with Gasteiger partial charge < -0.3 is 10.6 Å². The van der Waals surface area contributed by atoms with Crippen LogP contribution in [0, 0.1) is 18.6 Å². The predicted octanol–water partition coefficient (Wildman–Crippen LogP) is 3.59. The molecule has 0 fully saturated rings. The van der Waals surface area contributed by atoms with E-state index in [1.807, 2.05) is 31.2 Å². The number of urea groups is 1. The lowest BCUT2D eigenvalue weighted by Gasteiger charge is -2.09. The van der Waals surface area contributed by atoms with Crippen LogP contribution < -0.4 is 10.6 Å². The van der Waals surface area contributed by atoms with E-state index >= 15 is 0 Å². The van der Waals surface area contributed by atoms with Crippen LogP contribution in [-0.4, -0.2) is 6.03 Å². The molecule has 0 bridgehead atoms. The average Bonchev–Trinajstić information content (AvgIpc) is 2.42. The molecule has 0 atom stereocenters. The molecule has 0 radical (unpaired) electrons. The van der Waals surface area contributed by atoms with Gasteiger partial charge in [-0.05, 0) is 30.2 Å². The maximum absolute atomic E-state index is 13.0. The molecule has 0 aliphatic rings. The molecule has 0 saturated carbocycles. The van der Waals surface area contributed by atoms with E-state index in [0.29, 0.717) is 6.54 Å². The molecule has 0 unspecified atom stereocenters. The second-order valence-electron chi connectivity index (χ2n) is 4.36. The van der Waals surface area contributed by atoms with Crippen LogP contribution in [0.2, 0.25) is 0 Å². The Morgan fingerprint density at radius 1 is 1.10 bits per heavy atom. The summed E-state index contributed by atoms with van der Waals surface area (Å²) in [4.78, 5) is 11.7. The first-order valence-corrected chi connectivity index (χ1v) is 6.10. The highest BCUT2D eigenvalue weighted by Crippen LogP contribution is 2.13. The number of hydrogen-bond acceptors (Lipinski definition) is 1. The molecule has 2 rings (SSSR count). The van der Waals surface area contributed by atoms with E-state index in [1.165, 1.54) is 6.07 Å². The van der Waals surface area contributed by atoms with E-state index in [2.05, 4.69) is 10.6 Å².